The van der Waals surface area contributed by atoms with Crippen molar-refractivity contribution in [3.05, 3.63) is 47.1 Å². The lowest BCUT2D eigenvalue weighted by atomic mass is 10.2. The number of benzene rings is 1. The number of amides is 2. The Morgan fingerprint density at radius 1 is 1.21 bits per heavy atom. The second-order valence-electron chi connectivity index (χ2n) is 6.88. The third kappa shape index (κ3) is 4.04. The molecule has 8 heteroatoms. The van der Waals surface area contributed by atoms with Crippen LogP contribution >= 0.6 is 11.6 Å². The number of hydrogen-bond donors (Lipinski definition) is 1. The number of halogens is 1. The van der Waals surface area contributed by atoms with Gasteiger partial charge in [-0.3, -0.25) is 14.5 Å². The maximum atomic E-state index is 12.4. The van der Waals surface area contributed by atoms with Crippen LogP contribution in [0, 0.1) is 0 Å². The van der Waals surface area contributed by atoms with Crippen molar-refractivity contribution < 1.29 is 14.3 Å². The number of fused-ring (bicyclic) bond motifs is 1. The van der Waals surface area contributed by atoms with Crippen molar-refractivity contribution in [1.82, 2.24) is 10.3 Å². The third-order valence-electron chi connectivity index (χ3n) is 4.89. The minimum Gasteiger partial charge on any atom is -0.482 e. The second kappa shape index (κ2) is 8.06. The number of carbonyl (C=O) groups excluding carboxylic acids is 2. The molecule has 146 valence electrons. The Balaban J connectivity index is 1.36. The molecule has 4 rings (SSSR count). The summed E-state index contributed by atoms with van der Waals surface area (Å²) in [5.41, 5.74) is 1.42. The van der Waals surface area contributed by atoms with Gasteiger partial charge in [-0.05, 0) is 42.7 Å². The molecule has 1 N–H and O–H groups in total. The summed E-state index contributed by atoms with van der Waals surface area (Å²) < 4.78 is 5.39. The van der Waals surface area contributed by atoms with Crippen LogP contribution in [0.5, 0.6) is 5.75 Å². The van der Waals surface area contributed by atoms with Crippen molar-refractivity contribution in [2.24, 2.45) is 0 Å². The van der Waals surface area contributed by atoms with Crippen LogP contribution in [-0.4, -0.2) is 43.0 Å². The highest BCUT2D eigenvalue weighted by atomic mass is 35.5. The molecule has 0 spiro atoms. The summed E-state index contributed by atoms with van der Waals surface area (Å²) in [6.45, 7) is 2.26. The minimum absolute atomic E-state index is 0.0885. The van der Waals surface area contributed by atoms with Crippen LogP contribution < -0.4 is 19.9 Å². The molecule has 7 nitrogen and oxygen atoms in total. The number of anilines is 2. The van der Waals surface area contributed by atoms with Gasteiger partial charge in [-0.25, -0.2) is 4.98 Å². The lowest BCUT2D eigenvalue weighted by molar-refractivity contribution is -0.125. The van der Waals surface area contributed by atoms with Crippen LogP contribution in [0.15, 0.2) is 36.5 Å². The highest BCUT2D eigenvalue weighted by molar-refractivity contribution is 6.31. The van der Waals surface area contributed by atoms with Crippen molar-refractivity contribution in [3.8, 4) is 5.75 Å². The normalized spacial score (nSPS) is 16.0. The zero-order chi connectivity index (χ0) is 19.5. The average Bonchev–Trinajstić information content (AvgIpc) is 3.24. The quantitative estimate of drug-likeness (QED) is 0.834. The van der Waals surface area contributed by atoms with E-state index in [0.29, 0.717) is 23.0 Å². The smallest absolute Gasteiger partial charge is 0.265 e. The maximum Gasteiger partial charge on any atom is 0.265 e. The van der Waals surface area contributed by atoms with Gasteiger partial charge >= 0.3 is 0 Å². The number of ether oxygens (including phenoxy) is 1. The van der Waals surface area contributed by atoms with E-state index >= 15 is 0 Å². The molecule has 0 saturated carbocycles. The highest BCUT2D eigenvalue weighted by Gasteiger charge is 2.27. The van der Waals surface area contributed by atoms with Gasteiger partial charge in [0, 0.05) is 30.9 Å². The van der Waals surface area contributed by atoms with Gasteiger partial charge in [0.2, 0.25) is 5.91 Å². The first-order valence-electron chi connectivity index (χ1n) is 9.29. The summed E-state index contributed by atoms with van der Waals surface area (Å²) in [7, 11) is 0. The first-order valence-corrected chi connectivity index (χ1v) is 9.67. The molecule has 2 aliphatic heterocycles. The Kier molecular flexibility index (Phi) is 5.34. The van der Waals surface area contributed by atoms with Crippen LogP contribution in [0.1, 0.15) is 18.4 Å². The van der Waals surface area contributed by atoms with Crippen molar-refractivity contribution in [2.45, 2.75) is 19.4 Å². The van der Waals surface area contributed by atoms with Crippen LogP contribution in [-0.2, 0) is 16.1 Å². The molecule has 0 atom stereocenters. The summed E-state index contributed by atoms with van der Waals surface area (Å²) in [6.07, 6.45) is 4.19. The van der Waals surface area contributed by atoms with Gasteiger partial charge < -0.3 is 15.0 Å². The number of nitrogens with one attached hydrogen (secondary N) is 1. The molecular formula is C20H21ClN4O3. The van der Waals surface area contributed by atoms with Crippen LogP contribution in [0.2, 0.25) is 5.02 Å². The van der Waals surface area contributed by atoms with Crippen LogP contribution in [0.3, 0.4) is 0 Å². The zero-order valence-electron chi connectivity index (χ0n) is 15.4. The maximum absolute atomic E-state index is 12.4. The average molecular weight is 401 g/mol. The summed E-state index contributed by atoms with van der Waals surface area (Å²) in [6, 6.07) is 8.96. The summed E-state index contributed by atoms with van der Waals surface area (Å²) >= 11 is 6.02. The Labute approximate surface area is 168 Å². The fraction of sp³-hybridized carbons (Fsp3) is 0.350. The highest BCUT2D eigenvalue weighted by Crippen LogP contribution is 2.34. The number of aromatic nitrogens is 1. The molecular weight excluding hydrogens is 380 g/mol. The van der Waals surface area contributed by atoms with Crippen LogP contribution in [0.25, 0.3) is 0 Å². The lowest BCUT2D eigenvalue weighted by Crippen LogP contribution is -2.45. The van der Waals surface area contributed by atoms with Crippen molar-refractivity contribution in [2.75, 3.05) is 36.0 Å². The molecule has 3 heterocycles. The molecule has 1 aromatic carbocycles. The molecule has 2 aliphatic rings. The van der Waals surface area contributed by atoms with Gasteiger partial charge in [-0.1, -0.05) is 17.7 Å². The third-order valence-corrected chi connectivity index (χ3v) is 5.13. The number of hydrogen-bond acceptors (Lipinski definition) is 5. The second-order valence-corrected chi connectivity index (χ2v) is 7.31. The largest absolute Gasteiger partial charge is 0.482 e. The standard InChI is InChI=1S/C20H21ClN4O3/c21-15-4-5-17-16(9-15)25(20(27)13-28-17)12-19(26)23-11-14-3-6-18(22-10-14)24-7-1-2-8-24/h3-6,9-10H,1-2,7-8,11-13H2,(H,23,26). The molecule has 0 unspecified atom stereocenters. The SMILES string of the molecule is O=C(CN1C(=O)COc2ccc(Cl)cc21)NCc1ccc(N2CCCC2)nc1. The number of rotatable bonds is 5. The molecule has 1 aromatic heterocycles. The number of nitrogens with zero attached hydrogens (tertiary/aromatic N) is 3. The lowest BCUT2D eigenvalue weighted by Gasteiger charge is -2.29. The van der Waals surface area contributed by atoms with Gasteiger partial charge in [0.25, 0.3) is 5.91 Å². The predicted molar refractivity (Wildman–Crippen MR) is 107 cm³/mol. The van der Waals surface area contributed by atoms with E-state index in [-0.39, 0.29) is 25.0 Å². The zero-order valence-corrected chi connectivity index (χ0v) is 16.1. The van der Waals surface area contributed by atoms with E-state index in [0.717, 1.165) is 24.5 Å². The fourth-order valence-corrected chi connectivity index (χ4v) is 3.57. The monoisotopic (exact) mass is 400 g/mol. The molecule has 2 aromatic rings. The first kappa shape index (κ1) is 18.6. The Morgan fingerprint density at radius 2 is 2.04 bits per heavy atom. The molecule has 2 amide bonds. The van der Waals surface area contributed by atoms with Gasteiger partial charge in [-0.2, -0.15) is 0 Å². The predicted octanol–water partition coefficient (Wildman–Crippen LogP) is 2.38. The van der Waals surface area contributed by atoms with Crippen molar-refractivity contribution >= 4 is 34.9 Å². The first-order chi connectivity index (χ1) is 13.6. The fourth-order valence-electron chi connectivity index (χ4n) is 3.40. The van der Waals surface area contributed by atoms with Gasteiger partial charge in [-0.15, -0.1) is 0 Å². The van der Waals surface area contributed by atoms with E-state index in [1.807, 2.05) is 12.1 Å². The van der Waals surface area contributed by atoms with Crippen molar-refractivity contribution in [3.63, 3.8) is 0 Å². The van der Waals surface area contributed by atoms with E-state index in [1.54, 1.807) is 24.4 Å². The summed E-state index contributed by atoms with van der Waals surface area (Å²) in [5.74, 6) is 0.977. The molecule has 0 aliphatic carbocycles. The van der Waals surface area contributed by atoms with Gasteiger partial charge in [0.1, 0.15) is 18.1 Å². The number of pyridine rings is 1. The Morgan fingerprint density at radius 3 is 2.79 bits per heavy atom. The van der Waals surface area contributed by atoms with Gasteiger partial charge in [0.15, 0.2) is 6.61 Å². The molecule has 1 fully saturated rings. The topological polar surface area (TPSA) is 74.8 Å². The van der Waals surface area contributed by atoms with E-state index in [2.05, 4.69) is 15.2 Å². The molecule has 28 heavy (non-hydrogen) atoms. The minimum atomic E-state index is -0.276. The number of carbonyl (C=O) groups is 2. The Bertz CT molecular complexity index is 882. The molecule has 0 bridgehead atoms. The van der Waals surface area contributed by atoms with E-state index in [9.17, 15) is 9.59 Å². The summed E-state index contributed by atoms with van der Waals surface area (Å²) in [4.78, 5) is 32.7. The molecule has 1 saturated heterocycles. The summed E-state index contributed by atoms with van der Waals surface area (Å²) in [5, 5.41) is 3.32. The van der Waals surface area contributed by atoms with Gasteiger partial charge in [0.05, 0.1) is 5.69 Å². The van der Waals surface area contributed by atoms with Crippen molar-refractivity contribution in [1.29, 1.82) is 0 Å². The van der Waals surface area contributed by atoms with E-state index < -0.39 is 0 Å². The van der Waals surface area contributed by atoms with E-state index in [4.69, 9.17) is 16.3 Å². The Hall–Kier alpha value is -2.80. The van der Waals surface area contributed by atoms with Crippen LogP contribution in [0.4, 0.5) is 11.5 Å². The molecule has 0 radical (unpaired) electrons. The van der Waals surface area contributed by atoms with E-state index in [1.165, 1.54) is 17.7 Å².